The fourth-order valence-electron chi connectivity index (χ4n) is 1.42. The second-order valence-corrected chi connectivity index (χ2v) is 3.67. The first kappa shape index (κ1) is 13.4. The molecule has 6 nitrogen and oxygen atoms in total. The van der Waals surface area contributed by atoms with Crippen LogP contribution in [0.4, 0.5) is 0 Å². The van der Waals surface area contributed by atoms with Crippen LogP contribution in [0.5, 0.6) is 0 Å². The molecule has 0 radical (unpaired) electrons. The van der Waals surface area contributed by atoms with Crippen molar-refractivity contribution in [2.45, 2.75) is 18.6 Å². The number of hydrogen-bond donors (Lipinski definition) is 2. The highest BCUT2D eigenvalue weighted by Gasteiger charge is 2.16. The predicted molar refractivity (Wildman–Crippen MR) is 58.0 cm³/mol. The van der Waals surface area contributed by atoms with Crippen molar-refractivity contribution in [1.82, 2.24) is 5.32 Å². The molecule has 0 aromatic carbocycles. The largest absolute Gasteiger partial charge is 0.380 e. The molecule has 0 spiro atoms. The summed E-state index contributed by atoms with van der Waals surface area (Å²) in [5.41, 5.74) is 5.42. The van der Waals surface area contributed by atoms with Crippen LogP contribution in [0, 0.1) is 0 Å². The van der Waals surface area contributed by atoms with Crippen LogP contribution in [0.15, 0.2) is 0 Å². The molecule has 0 saturated carbocycles. The van der Waals surface area contributed by atoms with Gasteiger partial charge in [-0.2, -0.15) is 0 Å². The molecule has 2 unspecified atom stereocenters. The van der Waals surface area contributed by atoms with E-state index in [0.717, 1.165) is 0 Å². The SMILES string of the molecule is COC(CN)CC(=O)NCC1COCCO1. The summed E-state index contributed by atoms with van der Waals surface area (Å²) in [4.78, 5) is 11.5. The maximum absolute atomic E-state index is 11.5. The van der Waals surface area contributed by atoms with Crippen molar-refractivity contribution in [3.05, 3.63) is 0 Å². The van der Waals surface area contributed by atoms with E-state index in [1.165, 1.54) is 0 Å². The highest BCUT2D eigenvalue weighted by molar-refractivity contribution is 5.76. The molecular weight excluding hydrogens is 212 g/mol. The minimum absolute atomic E-state index is 0.0448. The van der Waals surface area contributed by atoms with Gasteiger partial charge in [0.1, 0.15) is 0 Å². The Morgan fingerprint density at radius 3 is 3.00 bits per heavy atom. The summed E-state index contributed by atoms with van der Waals surface area (Å²) >= 11 is 0. The number of rotatable bonds is 6. The zero-order valence-corrected chi connectivity index (χ0v) is 9.61. The number of amides is 1. The lowest BCUT2D eigenvalue weighted by atomic mass is 10.2. The van der Waals surface area contributed by atoms with Gasteiger partial charge in [0.25, 0.3) is 0 Å². The van der Waals surface area contributed by atoms with Crippen LogP contribution in [0.1, 0.15) is 6.42 Å². The summed E-state index contributed by atoms with van der Waals surface area (Å²) < 4.78 is 15.6. The van der Waals surface area contributed by atoms with Crippen LogP contribution in [-0.4, -0.2) is 58.1 Å². The van der Waals surface area contributed by atoms with E-state index in [0.29, 0.717) is 32.9 Å². The molecule has 94 valence electrons. The van der Waals surface area contributed by atoms with Crippen LogP contribution in [0.25, 0.3) is 0 Å². The van der Waals surface area contributed by atoms with Gasteiger partial charge in [0.15, 0.2) is 0 Å². The molecule has 3 N–H and O–H groups in total. The molecule has 2 atom stereocenters. The normalized spacial score (nSPS) is 22.8. The van der Waals surface area contributed by atoms with Gasteiger partial charge in [0.05, 0.1) is 38.4 Å². The van der Waals surface area contributed by atoms with E-state index in [1.807, 2.05) is 0 Å². The monoisotopic (exact) mass is 232 g/mol. The Bertz CT molecular complexity index is 203. The van der Waals surface area contributed by atoms with Gasteiger partial charge in [-0.3, -0.25) is 4.79 Å². The van der Waals surface area contributed by atoms with Crippen molar-refractivity contribution in [3.8, 4) is 0 Å². The number of nitrogens with two attached hydrogens (primary N) is 1. The number of carbonyl (C=O) groups excluding carboxylic acids is 1. The average Bonchev–Trinajstić information content (AvgIpc) is 2.34. The van der Waals surface area contributed by atoms with Crippen molar-refractivity contribution in [2.75, 3.05) is 40.0 Å². The van der Waals surface area contributed by atoms with Crippen molar-refractivity contribution < 1.29 is 19.0 Å². The van der Waals surface area contributed by atoms with Gasteiger partial charge >= 0.3 is 0 Å². The number of nitrogens with one attached hydrogen (secondary N) is 1. The molecule has 1 heterocycles. The third kappa shape index (κ3) is 4.89. The van der Waals surface area contributed by atoms with Crippen molar-refractivity contribution in [1.29, 1.82) is 0 Å². The fourth-order valence-corrected chi connectivity index (χ4v) is 1.42. The lowest BCUT2D eigenvalue weighted by molar-refractivity contribution is -0.126. The first-order valence-corrected chi connectivity index (χ1v) is 5.45. The van der Waals surface area contributed by atoms with Gasteiger partial charge < -0.3 is 25.3 Å². The van der Waals surface area contributed by atoms with E-state index in [-0.39, 0.29) is 24.5 Å². The molecular formula is C10H20N2O4. The van der Waals surface area contributed by atoms with Gasteiger partial charge in [-0.05, 0) is 0 Å². The summed E-state index contributed by atoms with van der Waals surface area (Å²) in [7, 11) is 1.54. The topological polar surface area (TPSA) is 82.8 Å². The molecule has 0 aromatic rings. The Labute approximate surface area is 95.4 Å². The molecule has 16 heavy (non-hydrogen) atoms. The van der Waals surface area contributed by atoms with E-state index in [1.54, 1.807) is 7.11 Å². The van der Waals surface area contributed by atoms with E-state index < -0.39 is 0 Å². The van der Waals surface area contributed by atoms with Crippen LogP contribution in [0.2, 0.25) is 0 Å². The van der Waals surface area contributed by atoms with Gasteiger partial charge in [-0.1, -0.05) is 0 Å². The van der Waals surface area contributed by atoms with Crippen molar-refractivity contribution in [2.24, 2.45) is 5.73 Å². The molecule has 1 aliphatic heterocycles. The fraction of sp³-hybridized carbons (Fsp3) is 0.900. The Morgan fingerprint density at radius 1 is 1.62 bits per heavy atom. The van der Waals surface area contributed by atoms with E-state index in [9.17, 15) is 4.79 Å². The third-order valence-electron chi connectivity index (χ3n) is 2.42. The summed E-state index contributed by atoms with van der Waals surface area (Å²) in [6.45, 7) is 2.56. The minimum Gasteiger partial charge on any atom is -0.380 e. The van der Waals surface area contributed by atoms with Crippen LogP contribution in [-0.2, 0) is 19.0 Å². The van der Waals surface area contributed by atoms with E-state index in [2.05, 4.69) is 5.32 Å². The third-order valence-corrected chi connectivity index (χ3v) is 2.42. The summed E-state index contributed by atoms with van der Waals surface area (Å²) in [5.74, 6) is -0.0773. The van der Waals surface area contributed by atoms with Crippen molar-refractivity contribution in [3.63, 3.8) is 0 Å². The molecule has 1 fully saturated rings. The van der Waals surface area contributed by atoms with Crippen LogP contribution in [0.3, 0.4) is 0 Å². The van der Waals surface area contributed by atoms with Gasteiger partial charge in [-0.15, -0.1) is 0 Å². The Morgan fingerprint density at radius 2 is 2.44 bits per heavy atom. The second kappa shape index (κ2) is 7.56. The molecule has 1 aliphatic rings. The maximum atomic E-state index is 11.5. The van der Waals surface area contributed by atoms with Gasteiger partial charge in [0, 0.05) is 20.2 Å². The average molecular weight is 232 g/mol. The van der Waals surface area contributed by atoms with Crippen molar-refractivity contribution >= 4 is 5.91 Å². The smallest absolute Gasteiger partial charge is 0.222 e. The first-order valence-electron chi connectivity index (χ1n) is 5.45. The molecule has 1 amide bonds. The molecule has 0 bridgehead atoms. The zero-order valence-electron chi connectivity index (χ0n) is 9.61. The standard InChI is InChI=1S/C10H20N2O4/c1-14-8(5-11)4-10(13)12-6-9-7-15-2-3-16-9/h8-9H,2-7,11H2,1H3,(H,12,13). The van der Waals surface area contributed by atoms with Gasteiger partial charge in [-0.25, -0.2) is 0 Å². The number of hydrogen-bond acceptors (Lipinski definition) is 5. The van der Waals surface area contributed by atoms with Gasteiger partial charge in [0.2, 0.25) is 5.91 Å². The van der Waals surface area contributed by atoms with Crippen LogP contribution >= 0.6 is 0 Å². The summed E-state index contributed by atoms with van der Waals surface area (Å²) in [6.07, 6.45) is 0.0146. The molecule has 0 aromatic heterocycles. The zero-order chi connectivity index (χ0) is 11.8. The Balaban J connectivity index is 2.13. The molecule has 1 rings (SSSR count). The van der Waals surface area contributed by atoms with E-state index >= 15 is 0 Å². The first-order chi connectivity index (χ1) is 7.76. The van der Waals surface area contributed by atoms with Crippen LogP contribution < -0.4 is 11.1 Å². The lowest BCUT2D eigenvalue weighted by Crippen LogP contribution is -2.41. The lowest BCUT2D eigenvalue weighted by Gasteiger charge is -2.23. The number of carbonyl (C=O) groups is 1. The maximum Gasteiger partial charge on any atom is 0.222 e. The summed E-state index contributed by atoms with van der Waals surface area (Å²) in [5, 5.41) is 2.77. The minimum atomic E-state index is -0.219. The summed E-state index contributed by atoms with van der Waals surface area (Å²) in [6, 6.07) is 0. The highest BCUT2D eigenvalue weighted by Crippen LogP contribution is 2.00. The second-order valence-electron chi connectivity index (χ2n) is 3.67. The Hall–Kier alpha value is -0.690. The quantitative estimate of drug-likeness (QED) is 0.606. The number of ether oxygens (including phenoxy) is 3. The molecule has 6 heteroatoms. The molecule has 0 aliphatic carbocycles. The molecule has 1 saturated heterocycles. The highest BCUT2D eigenvalue weighted by atomic mass is 16.6. The predicted octanol–water partition coefficient (Wildman–Crippen LogP) is -1.12. The Kier molecular flexibility index (Phi) is 6.32. The number of methoxy groups -OCH3 is 1. The van der Waals surface area contributed by atoms with E-state index in [4.69, 9.17) is 19.9 Å².